The number of nitrogens with one attached hydrogen (secondary N) is 2. The predicted molar refractivity (Wildman–Crippen MR) is 60.3 cm³/mol. The highest BCUT2D eigenvalue weighted by atomic mass is 32.1. The van der Waals surface area contributed by atoms with Crippen molar-refractivity contribution in [3.8, 4) is 0 Å². The summed E-state index contributed by atoms with van der Waals surface area (Å²) in [6.45, 7) is 2.01. The van der Waals surface area contributed by atoms with Gasteiger partial charge in [0, 0.05) is 13.1 Å². The van der Waals surface area contributed by atoms with E-state index in [1.54, 1.807) is 6.20 Å². The van der Waals surface area contributed by atoms with Crippen molar-refractivity contribution < 1.29 is 0 Å². The minimum Gasteiger partial charge on any atom is -0.360 e. The quantitative estimate of drug-likeness (QED) is 0.719. The summed E-state index contributed by atoms with van der Waals surface area (Å²) in [4.78, 5) is 0. The summed E-state index contributed by atoms with van der Waals surface area (Å²) in [6, 6.07) is 0.590. The number of hydrogen-bond acceptors (Lipinski definition) is 2. The first-order chi connectivity index (χ1) is 6.66. The summed E-state index contributed by atoms with van der Waals surface area (Å²) in [5.41, 5.74) is 2.07. The van der Waals surface area contributed by atoms with E-state index in [1.165, 1.54) is 12.8 Å². The second-order valence-electron chi connectivity index (χ2n) is 3.64. The van der Waals surface area contributed by atoms with Crippen LogP contribution in [0.25, 0.3) is 0 Å². The molecule has 2 N–H and O–H groups in total. The third-order valence-corrected chi connectivity index (χ3v) is 2.62. The molecule has 0 atom stereocenters. The van der Waals surface area contributed by atoms with Crippen LogP contribution in [0.15, 0.2) is 6.20 Å². The highest BCUT2D eigenvalue weighted by molar-refractivity contribution is 7.80. The van der Waals surface area contributed by atoms with Gasteiger partial charge in [-0.25, -0.2) is 0 Å². The Morgan fingerprint density at radius 2 is 2.36 bits per heavy atom. The van der Waals surface area contributed by atoms with Crippen molar-refractivity contribution in [2.75, 3.05) is 5.32 Å². The van der Waals surface area contributed by atoms with Crippen molar-refractivity contribution >= 4 is 23.0 Å². The number of anilines is 1. The van der Waals surface area contributed by atoms with Crippen LogP contribution >= 0.6 is 12.2 Å². The van der Waals surface area contributed by atoms with Gasteiger partial charge >= 0.3 is 0 Å². The van der Waals surface area contributed by atoms with Crippen molar-refractivity contribution in [3.05, 3.63) is 11.9 Å². The molecule has 1 fully saturated rings. The molecule has 1 aliphatic carbocycles. The second-order valence-corrected chi connectivity index (χ2v) is 4.05. The Morgan fingerprint density at radius 1 is 1.64 bits per heavy atom. The molecule has 0 amide bonds. The average Bonchev–Trinajstić information content (AvgIpc) is 2.89. The number of thiocarbonyl (C=S) groups is 1. The van der Waals surface area contributed by atoms with Crippen LogP contribution in [-0.4, -0.2) is 20.9 Å². The van der Waals surface area contributed by atoms with Crippen molar-refractivity contribution in [3.63, 3.8) is 0 Å². The van der Waals surface area contributed by atoms with E-state index in [0.29, 0.717) is 11.2 Å². The summed E-state index contributed by atoms with van der Waals surface area (Å²) in [7, 11) is 1.91. The molecule has 0 aliphatic heterocycles. The van der Waals surface area contributed by atoms with Gasteiger partial charge in [-0.3, -0.25) is 4.68 Å². The van der Waals surface area contributed by atoms with E-state index in [2.05, 4.69) is 15.7 Å². The van der Waals surface area contributed by atoms with E-state index in [1.807, 2.05) is 18.7 Å². The van der Waals surface area contributed by atoms with Crippen molar-refractivity contribution in [1.82, 2.24) is 15.1 Å². The summed E-state index contributed by atoms with van der Waals surface area (Å²) >= 11 is 5.16. The van der Waals surface area contributed by atoms with Crippen LogP contribution in [0.4, 0.5) is 5.69 Å². The average molecular weight is 210 g/mol. The van der Waals surface area contributed by atoms with Gasteiger partial charge in [-0.1, -0.05) is 0 Å². The molecule has 76 valence electrons. The molecule has 0 bridgehead atoms. The first kappa shape index (κ1) is 9.45. The molecule has 0 saturated heterocycles. The second kappa shape index (κ2) is 3.57. The molecule has 2 rings (SSSR count). The number of nitrogens with zero attached hydrogens (tertiary/aromatic N) is 2. The maximum Gasteiger partial charge on any atom is 0.171 e. The SMILES string of the molecule is Cc1c(NC(=S)NC2CC2)cnn1C. The van der Waals surface area contributed by atoms with Crippen LogP contribution in [0, 0.1) is 6.92 Å². The molecule has 0 spiro atoms. The number of rotatable bonds is 2. The van der Waals surface area contributed by atoms with E-state index in [0.717, 1.165) is 11.4 Å². The lowest BCUT2D eigenvalue weighted by molar-refractivity contribution is 0.740. The minimum absolute atomic E-state index is 0.590. The lowest BCUT2D eigenvalue weighted by atomic mass is 10.4. The molecule has 1 aromatic heterocycles. The fraction of sp³-hybridized carbons (Fsp3) is 0.556. The molecule has 1 heterocycles. The van der Waals surface area contributed by atoms with Crippen molar-refractivity contribution in [1.29, 1.82) is 0 Å². The molecule has 0 unspecified atom stereocenters. The van der Waals surface area contributed by atoms with E-state index in [9.17, 15) is 0 Å². The van der Waals surface area contributed by atoms with Crippen molar-refractivity contribution in [2.24, 2.45) is 7.05 Å². The van der Waals surface area contributed by atoms with Gasteiger partial charge in [-0.05, 0) is 32.0 Å². The van der Waals surface area contributed by atoms with Crippen LogP contribution in [0.5, 0.6) is 0 Å². The van der Waals surface area contributed by atoms with Gasteiger partial charge in [0.05, 0.1) is 17.6 Å². The maximum atomic E-state index is 5.16. The van der Waals surface area contributed by atoms with E-state index < -0.39 is 0 Å². The standard InChI is InChI=1S/C9H14N4S/c1-6-8(5-10-13(6)2)12-9(14)11-7-3-4-7/h5,7H,3-4H2,1-2H3,(H2,11,12,14). The molecule has 0 aromatic carbocycles. The third-order valence-electron chi connectivity index (χ3n) is 2.40. The normalized spacial score (nSPS) is 15.3. The topological polar surface area (TPSA) is 41.9 Å². The van der Waals surface area contributed by atoms with Crippen molar-refractivity contribution in [2.45, 2.75) is 25.8 Å². The number of aromatic nitrogens is 2. The summed E-state index contributed by atoms with van der Waals surface area (Å²) < 4.78 is 1.82. The molecule has 1 aliphatic rings. The predicted octanol–water partition coefficient (Wildman–Crippen LogP) is 1.18. The number of hydrogen-bond donors (Lipinski definition) is 2. The number of aryl methyl sites for hydroxylation is 1. The lowest BCUT2D eigenvalue weighted by Gasteiger charge is -2.08. The molecule has 0 radical (unpaired) electrons. The zero-order valence-electron chi connectivity index (χ0n) is 8.37. The first-order valence-electron chi connectivity index (χ1n) is 4.73. The van der Waals surface area contributed by atoms with Crippen LogP contribution in [0.2, 0.25) is 0 Å². The fourth-order valence-electron chi connectivity index (χ4n) is 1.19. The Labute approximate surface area is 88.7 Å². The zero-order valence-corrected chi connectivity index (χ0v) is 9.19. The molecule has 14 heavy (non-hydrogen) atoms. The highest BCUT2D eigenvalue weighted by Gasteiger charge is 2.21. The molecular formula is C9H14N4S. The van der Waals surface area contributed by atoms with Gasteiger partial charge in [-0.15, -0.1) is 0 Å². The summed E-state index contributed by atoms with van der Waals surface area (Å²) in [5.74, 6) is 0. The summed E-state index contributed by atoms with van der Waals surface area (Å²) in [5, 5.41) is 11.2. The maximum absolute atomic E-state index is 5.16. The van der Waals surface area contributed by atoms with Crippen LogP contribution in [-0.2, 0) is 7.05 Å². The monoisotopic (exact) mass is 210 g/mol. The Kier molecular flexibility index (Phi) is 2.41. The van der Waals surface area contributed by atoms with E-state index in [-0.39, 0.29) is 0 Å². The van der Waals surface area contributed by atoms with Gasteiger partial charge in [-0.2, -0.15) is 5.10 Å². The Hall–Kier alpha value is -1.10. The van der Waals surface area contributed by atoms with E-state index in [4.69, 9.17) is 12.2 Å². The molecule has 1 saturated carbocycles. The van der Waals surface area contributed by atoms with Crippen LogP contribution in [0.1, 0.15) is 18.5 Å². The van der Waals surface area contributed by atoms with Gasteiger partial charge < -0.3 is 10.6 Å². The highest BCUT2D eigenvalue weighted by Crippen LogP contribution is 2.19. The minimum atomic E-state index is 0.590. The van der Waals surface area contributed by atoms with Gasteiger partial charge in [0.25, 0.3) is 0 Å². The van der Waals surface area contributed by atoms with Crippen LogP contribution < -0.4 is 10.6 Å². The Balaban J connectivity index is 1.95. The Morgan fingerprint density at radius 3 is 2.86 bits per heavy atom. The molecule has 1 aromatic rings. The Bertz CT molecular complexity index is 354. The van der Waals surface area contributed by atoms with Crippen LogP contribution in [0.3, 0.4) is 0 Å². The molecule has 4 nitrogen and oxygen atoms in total. The van der Waals surface area contributed by atoms with Gasteiger partial charge in [0.15, 0.2) is 5.11 Å². The van der Waals surface area contributed by atoms with Gasteiger partial charge in [0.2, 0.25) is 0 Å². The smallest absolute Gasteiger partial charge is 0.171 e. The lowest BCUT2D eigenvalue weighted by Crippen LogP contribution is -2.30. The zero-order chi connectivity index (χ0) is 10.1. The summed E-state index contributed by atoms with van der Waals surface area (Å²) in [6.07, 6.45) is 4.25. The van der Waals surface area contributed by atoms with Gasteiger partial charge in [0.1, 0.15) is 0 Å². The largest absolute Gasteiger partial charge is 0.360 e. The molecular weight excluding hydrogens is 196 g/mol. The third kappa shape index (κ3) is 2.04. The molecule has 5 heteroatoms. The first-order valence-corrected chi connectivity index (χ1v) is 5.14. The fourth-order valence-corrected chi connectivity index (χ4v) is 1.47. The van der Waals surface area contributed by atoms with E-state index >= 15 is 0 Å².